The number of hydrogen-bond acceptors (Lipinski definition) is 3. The van der Waals surface area contributed by atoms with Gasteiger partial charge >= 0.3 is 0 Å². The van der Waals surface area contributed by atoms with Crippen molar-refractivity contribution in [2.45, 2.75) is 75.5 Å². The van der Waals surface area contributed by atoms with Gasteiger partial charge in [-0.05, 0) is 63.6 Å². The standard InChI is InChI=1S/C20H30F2N4OS/c1-12(23)14-4-5-16-17(10-14)26-18(25-16)15(11-19(2,3)28(24)27)13-6-8-20(21,22)9-7-13/h4-5,10,12-13,15H,6-9,11,23-24H2,1-3H3,(H,25,26)/t12-,15+,28?/m1/s1. The first kappa shape index (κ1) is 21.3. The molecule has 1 aliphatic carbocycles. The van der Waals surface area contributed by atoms with Gasteiger partial charge in [0.15, 0.2) is 0 Å². The number of fused-ring (bicyclic) bond motifs is 1. The van der Waals surface area contributed by atoms with Crippen LogP contribution in [0.5, 0.6) is 0 Å². The molecule has 0 spiro atoms. The highest BCUT2D eigenvalue weighted by Crippen LogP contribution is 2.45. The lowest BCUT2D eigenvalue weighted by Gasteiger charge is -2.36. The van der Waals surface area contributed by atoms with Crippen molar-refractivity contribution in [2.75, 3.05) is 0 Å². The van der Waals surface area contributed by atoms with Gasteiger partial charge in [0.05, 0.1) is 26.8 Å². The zero-order chi connectivity index (χ0) is 20.7. The number of nitrogens with one attached hydrogen (secondary N) is 1. The topological polar surface area (TPSA) is 97.8 Å². The molecule has 156 valence electrons. The van der Waals surface area contributed by atoms with Gasteiger partial charge < -0.3 is 10.7 Å². The summed E-state index contributed by atoms with van der Waals surface area (Å²) >= 11 is 0. The number of halogens is 2. The number of aromatic amines is 1. The number of imidazole rings is 1. The molecule has 1 aromatic heterocycles. The van der Waals surface area contributed by atoms with Crippen LogP contribution in [-0.4, -0.2) is 24.8 Å². The lowest BCUT2D eigenvalue weighted by Crippen LogP contribution is -2.37. The maximum atomic E-state index is 13.7. The van der Waals surface area contributed by atoms with Crippen molar-refractivity contribution in [2.24, 2.45) is 16.8 Å². The highest BCUT2D eigenvalue weighted by Gasteiger charge is 2.41. The fourth-order valence-electron chi connectivity index (χ4n) is 4.07. The van der Waals surface area contributed by atoms with Gasteiger partial charge in [0, 0.05) is 24.8 Å². The second-order valence-corrected chi connectivity index (χ2v) is 10.4. The van der Waals surface area contributed by atoms with Crippen molar-refractivity contribution in [3.8, 4) is 0 Å². The smallest absolute Gasteiger partial charge is 0.248 e. The molecule has 1 fully saturated rings. The van der Waals surface area contributed by atoms with Gasteiger partial charge in [0.2, 0.25) is 5.92 Å². The minimum absolute atomic E-state index is 0.0518. The van der Waals surface area contributed by atoms with Gasteiger partial charge in [-0.3, -0.25) is 5.14 Å². The predicted molar refractivity (Wildman–Crippen MR) is 109 cm³/mol. The molecule has 28 heavy (non-hydrogen) atoms. The molecule has 1 heterocycles. The number of alkyl halides is 2. The van der Waals surface area contributed by atoms with Crippen LogP contribution in [0, 0.1) is 5.92 Å². The van der Waals surface area contributed by atoms with E-state index in [1.54, 1.807) is 0 Å². The molecular weight excluding hydrogens is 382 g/mol. The van der Waals surface area contributed by atoms with Crippen LogP contribution in [0.15, 0.2) is 18.2 Å². The summed E-state index contributed by atoms with van der Waals surface area (Å²) in [4.78, 5) is 8.12. The van der Waals surface area contributed by atoms with Gasteiger partial charge in [0.25, 0.3) is 0 Å². The van der Waals surface area contributed by atoms with Crippen molar-refractivity contribution in [3.63, 3.8) is 0 Å². The summed E-state index contributed by atoms with van der Waals surface area (Å²) in [5.41, 5.74) is 8.67. The Morgan fingerprint density at radius 3 is 2.57 bits per heavy atom. The summed E-state index contributed by atoms with van der Waals surface area (Å²) < 4.78 is 38.8. The molecule has 0 bridgehead atoms. The van der Waals surface area contributed by atoms with Crippen LogP contribution in [-0.2, 0) is 11.0 Å². The lowest BCUT2D eigenvalue weighted by molar-refractivity contribution is -0.0493. The van der Waals surface area contributed by atoms with Crippen molar-refractivity contribution >= 4 is 22.0 Å². The van der Waals surface area contributed by atoms with Gasteiger partial charge in [0.1, 0.15) is 5.82 Å². The highest BCUT2D eigenvalue weighted by atomic mass is 32.2. The molecular formula is C20H30F2N4OS. The molecule has 5 nitrogen and oxygen atoms in total. The predicted octanol–water partition coefficient (Wildman–Crippen LogP) is 4.28. The Bertz CT molecular complexity index is 855. The van der Waals surface area contributed by atoms with E-state index in [4.69, 9.17) is 15.9 Å². The number of hydrogen-bond donors (Lipinski definition) is 3. The van der Waals surface area contributed by atoms with Gasteiger partial charge in [-0.15, -0.1) is 0 Å². The van der Waals surface area contributed by atoms with E-state index in [1.165, 1.54) is 0 Å². The van der Waals surface area contributed by atoms with E-state index in [-0.39, 0.29) is 30.7 Å². The second kappa shape index (κ2) is 7.80. The summed E-state index contributed by atoms with van der Waals surface area (Å²) in [7, 11) is -1.52. The molecule has 8 heteroatoms. The molecule has 0 radical (unpaired) electrons. The monoisotopic (exact) mass is 412 g/mol. The van der Waals surface area contributed by atoms with Crippen molar-refractivity contribution in [3.05, 3.63) is 29.6 Å². The Labute approximate surface area is 167 Å². The van der Waals surface area contributed by atoms with E-state index in [1.807, 2.05) is 39.0 Å². The van der Waals surface area contributed by atoms with E-state index in [0.29, 0.717) is 19.3 Å². The van der Waals surface area contributed by atoms with Gasteiger partial charge in [-0.25, -0.2) is 18.0 Å². The molecule has 1 aliphatic rings. The summed E-state index contributed by atoms with van der Waals surface area (Å²) in [5.74, 6) is -1.89. The molecule has 0 aliphatic heterocycles. The Kier molecular flexibility index (Phi) is 5.94. The molecule has 3 rings (SSSR count). The maximum absolute atomic E-state index is 13.7. The van der Waals surface area contributed by atoms with Crippen LogP contribution in [0.3, 0.4) is 0 Å². The Morgan fingerprint density at radius 2 is 2.00 bits per heavy atom. The third kappa shape index (κ3) is 4.60. The normalized spacial score (nSPS) is 21.5. The number of nitrogens with two attached hydrogens (primary N) is 2. The molecule has 1 saturated carbocycles. The lowest BCUT2D eigenvalue weighted by atomic mass is 9.75. The number of benzene rings is 1. The number of H-pyrrole nitrogens is 1. The maximum Gasteiger partial charge on any atom is 0.248 e. The fourth-order valence-corrected chi connectivity index (χ4v) is 4.41. The molecule has 3 atom stereocenters. The molecule has 2 aromatic rings. The molecule has 0 amide bonds. The summed E-state index contributed by atoms with van der Waals surface area (Å²) in [6.45, 7) is 5.62. The van der Waals surface area contributed by atoms with Gasteiger partial charge in [-0.1, -0.05) is 6.07 Å². The minimum atomic E-state index is -2.59. The Balaban J connectivity index is 1.96. The van der Waals surface area contributed by atoms with E-state index in [2.05, 4.69) is 4.98 Å². The first-order valence-electron chi connectivity index (χ1n) is 9.78. The van der Waals surface area contributed by atoms with E-state index in [9.17, 15) is 13.0 Å². The van der Waals surface area contributed by atoms with Crippen molar-refractivity contribution in [1.29, 1.82) is 0 Å². The molecule has 5 N–H and O–H groups in total. The zero-order valence-electron chi connectivity index (χ0n) is 16.7. The van der Waals surface area contributed by atoms with Crippen LogP contribution in [0.1, 0.15) is 76.2 Å². The average Bonchev–Trinajstić information content (AvgIpc) is 3.02. The van der Waals surface area contributed by atoms with E-state index in [0.717, 1.165) is 22.4 Å². The minimum Gasteiger partial charge on any atom is -0.342 e. The van der Waals surface area contributed by atoms with Crippen LogP contribution in [0.2, 0.25) is 0 Å². The third-order valence-electron chi connectivity index (χ3n) is 5.99. The molecule has 0 saturated heterocycles. The van der Waals surface area contributed by atoms with Gasteiger partial charge in [-0.2, -0.15) is 0 Å². The molecule has 1 unspecified atom stereocenters. The fraction of sp³-hybridized carbons (Fsp3) is 0.650. The quantitative estimate of drug-likeness (QED) is 0.660. The summed E-state index contributed by atoms with van der Waals surface area (Å²) in [5, 5.41) is 5.71. The Hall–Kier alpha value is -1.38. The van der Waals surface area contributed by atoms with Crippen molar-refractivity contribution in [1.82, 2.24) is 9.97 Å². The Morgan fingerprint density at radius 1 is 1.36 bits per heavy atom. The third-order valence-corrected chi connectivity index (χ3v) is 7.24. The number of rotatable bonds is 6. The first-order valence-corrected chi connectivity index (χ1v) is 11.0. The zero-order valence-corrected chi connectivity index (χ0v) is 17.5. The van der Waals surface area contributed by atoms with Crippen LogP contribution in [0.25, 0.3) is 11.0 Å². The first-order chi connectivity index (χ1) is 13.0. The van der Waals surface area contributed by atoms with Crippen molar-refractivity contribution < 1.29 is 13.0 Å². The van der Waals surface area contributed by atoms with E-state index >= 15 is 0 Å². The average molecular weight is 413 g/mol. The highest BCUT2D eigenvalue weighted by molar-refractivity contribution is 7.84. The van der Waals surface area contributed by atoms with Crippen LogP contribution in [0.4, 0.5) is 8.78 Å². The molecule has 1 aromatic carbocycles. The number of aromatic nitrogens is 2. The van der Waals surface area contributed by atoms with Crippen LogP contribution < -0.4 is 10.9 Å². The largest absolute Gasteiger partial charge is 0.342 e. The second-order valence-electron chi connectivity index (χ2n) is 8.75. The van der Waals surface area contributed by atoms with E-state index < -0.39 is 21.7 Å². The SMILES string of the molecule is C[C@@H](N)c1ccc2nc([C@@H](CC(C)(C)S(N)=O)C3CCC(F)(F)CC3)[nH]c2c1. The number of nitrogens with zero attached hydrogens (tertiary/aromatic N) is 1. The summed E-state index contributed by atoms with van der Waals surface area (Å²) in [6, 6.07) is 5.76. The van der Waals surface area contributed by atoms with Crippen LogP contribution >= 0.6 is 0 Å². The summed E-state index contributed by atoms with van der Waals surface area (Å²) in [6.07, 6.45) is 1.14.